The number of phenolic OH excluding ortho intramolecular Hbond substituents is 1. The number of phenols is 1. The summed E-state index contributed by atoms with van der Waals surface area (Å²) in [7, 11) is 0. The van der Waals surface area contributed by atoms with Gasteiger partial charge < -0.3 is 15.7 Å². The van der Waals surface area contributed by atoms with Crippen molar-refractivity contribution in [3.8, 4) is 16.9 Å². The Bertz CT molecular complexity index is 1350. The van der Waals surface area contributed by atoms with Gasteiger partial charge in [0.05, 0.1) is 15.7 Å². The van der Waals surface area contributed by atoms with Gasteiger partial charge in [0.25, 0.3) is 0 Å². The maximum absolute atomic E-state index is 12.7. The zero-order chi connectivity index (χ0) is 22.8. The molecule has 4 rings (SSSR count). The molecule has 0 aliphatic heterocycles. The number of Topliss-reactive ketones (excluding diaryl/α,β-unsaturated/α-hetero) is 1. The number of aromatic hydroxyl groups is 1. The number of fused-ring (bicyclic) bond motifs is 1. The maximum Gasteiger partial charge on any atom is 0.323 e. The lowest BCUT2D eigenvalue weighted by Crippen LogP contribution is -2.19. The summed E-state index contributed by atoms with van der Waals surface area (Å²) < 4.78 is 0. The summed E-state index contributed by atoms with van der Waals surface area (Å²) in [6, 6.07) is 20.3. The van der Waals surface area contributed by atoms with Gasteiger partial charge in [-0.1, -0.05) is 59.6 Å². The highest BCUT2D eigenvalue weighted by molar-refractivity contribution is 6.41. The number of urea groups is 1. The Labute approximate surface area is 194 Å². The Balaban J connectivity index is 1.57. The molecule has 0 bridgehead atoms. The molecule has 0 saturated heterocycles. The molecule has 32 heavy (non-hydrogen) atoms. The molecule has 0 unspecified atom stereocenters. The Morgan fingerprint density at radius 2 is 1.53 bits per heavy atom. The van der Waals surface area contributed by atoms with E-state index in [0.717, 1.165) is 11.1 Å². The molecule has 0 radical (unpaired) electrons. The molecule has 160 valence electrons. The summed E-state index contributed by atoms with van der Waals surface area (Å²) in [5, 5.41) is 17.2. The van der Waals surface area contributed by atoms with E-state index < -0.39 is 6.03 Å². The molecule has 0 spiro atoms. The van der Waals surface area contributed by atoms with Crippen LogP contribution in [-0.2, 0) is 0 Å². The van der Waals surface area contributed by atoms with Crippen LogP contribution in [0.5, 0.6) is 5.75 Å². The van der Waals surface area contributed by atoms with E-state index in [2.05, 4.69) is 10.6 Å². The van der Waals surface area contributed by atoms with Crippen molar-refractivity contribution in [2.24, 2.45) is 0 Å². The average Bonchev–Trinajstić information content (AvgIpc) is 2.76. The van der Waals surface area contributed by atoms with Crippen LogP contribution in [0.25, 0.3) is 21.9 Å². The van der Waals surface area contributed by atoms with Crippen LogP contribution in [0.1, 0.15) is 17.3 Å². The number of ketones is 1. The Morgan fingerprint density at radius 1 is 0.781 bits per heavy atom. The molecule has 0 saturated carbocycles. The molecular weight excluding hydrogens is 447 g/mol. The summed E-state index contributed by atoms with van der Waals surface area (Å²) in [6.07, 6.45) is 0. The van der Waals surface area contributed by atoms with Gasteiger partial charge in [0.15, 0.2) is 5.78 Å². The minimum atomic E-state index is -0.497. The predicted octanol–water partition coefficient (Wildman–Crippen LogP) is 7.37. The van der Waals surface area contributed by atoms with E-state index >= 15 is 0 Å². The average molecular weight is 465 g/mol. The topological polar surface area (TPSA) is 78.4 Å². The van der Waals surface area contributed by atoms with Crippen LogP contribution >= 0.6 is 23.2 Å². The predicted molar refractivity (Wildman–Crippen MR) is 130 cm³/mol. The molecule has 3 N–H and O–H groups in total. The first-order valence-electron chi connectivity index (χ1n) is 9.72. The van der Waals surface area contributed by atoms with Gasteiger partial charge in [-0.25, -0.2) is 4.79 Å². The SMILES string of the molecule is CC(=O)c1ccc(-c2cccc(NC(=O)Nc3c(Cl)cc(Cl)c4ccc(O)cc34)c2)cc1. The normalized spacial score (nSPS) is 10.7. The van der Waals surface area contributed by atoms with Crippen molar-refractivity contribution in [2.75, 3.05) is 10.6 Å². The summed E-state index contributed by atoms with van der Waals surface area (Å²) in [6.45, 7) is 1.52. The zero-order valence-corrected chi connectivity index (χ0v) is 18.5. The van der Waals surface area contributed by atoms with E-state index in [1.165, 1.54) is 19.1 Å². The summed E-state index contributed by atoms with van der Waals surface area (Å²) in [5.41, 5.74) is 3.36. The van der Waals surface area contributed by atoms with Crippen LogP contribution in [0.4, 0.5) is 16.2 Å². The molecular formula is C25H18Cl2N2O3. The van der Waals surface area contributed by atoms with Crippen molar-refractivity contribution >= 4 is 57.2 Å². The lowest BCUT2D eigenvalue weighted by Gasteiger charge is -2.14. The van der Waals surface area contributed by atoms with Gasteiger partial charge in [-0.3, -0.25) is 4.79 Å². The van der Waals surface area contributed by atoms with Crippen molar-refractivity contribution in [1.29, 1.82) is 0 Å². The number of hydrogen-bond donors (Lipinski definition) is 3. The van der Waals surface area contributed by atoms with Crippen LogP contribution in [0.2, 0.25) is 10.0 Å². The molecule has 7 heteroatoms. The number of anilines is 2. The Hall–Kier alpha value is -3.54. The van der Waals surface area contributed by atoms with E-state index in [1.54, 1.807) is 30.3 Å². The first-order valence-corrected chi connectivity index (χ1v) is 10.5. The second kappa shape index (κ2) is 8.91. The van der Waals surface area contributed by atoms with E-state index in [4.69, 9.17) is 23.2 Å². The van der Waals surface area contributed by atoms with Gasteiger partial charge in [0.2, 0.25) is 0 Å². The molecule has 2 amide bonds. The Kier molecular flexibility index (Phi) is 6.04. The highest BCUT2D eigenvalue weighted by Gasteiger charge is 2.14. The van der Waals surface area contributed by atoms with Gasteiger partial charge in [-0.05, 0) is 54.4 Å². The quantitative estimate of drug-likeness (QED) is 0.276. The van der Waals surface area contributed by atoms with Gasteiger partial charge in [-0.15, -0.1) is 0 Å². The number of rotatable bonds is 4. The molecule has 4 aromatic rings. The molecule has 0 aliphatic rings. The Morgan fingerprint density at radius 3 is 2.25 bits per heavy atom. The van der Waals surface area contributed by atoms with Gasteiger partial charge >= 0.3 is 6.03 Å². The molecule has 0 aliphatic carbocycles. The van der Waals surface area contributed by atoms with Crippen molar-refractivity contribution in [1.82, 2.24) is 0 Å². The molecule has 0 fully saturated rings. The van der Waals surface area contributed by atoms with Gasteiger partial charge in [-0.2, -0.15) is 0 Å². The van der Waals surface area contributed by atoms with Crippen molar-refractivity contribution in [3.63, 3.8) is 0 Å². The van der Waals surface area contributed by atoms with Crippen LogP contribution in [-0.4, -0.2) is 16.9 Å². The summed E-state index contributed by atoms with van der Waals surface area (Å²) >= 11 is 12.6. The maximum atomic E-state index is 12.7. The van der Waals surface area contributed by atoms with E-state index in [0.29, 0.717) is 32.7 Å². The minimum absolute atomic E-state index is 0.00495. The van der Waals surface area contributed by atoms with Crippen LogP contribution in [0.15, 0.2) is 72.8 Å². The summed E-state index contributed by atoms with van der Waals surface area (Å²) in [5.74, 6) is 0.0353. The lowest BCUT2D eigenvalue weighted by atomic mass is 10.0. The van der Waals surface area contributed by atoms with E-state index in [-0.39, 0.29) is 16.6 Å². The van der Waals surface area contributed by atoms with Crippen molar-refractivity contribution in [3.05, 3.63) is 88.4 Å². The summed E-state index contributed by atoms with van der Waals surface area (Å²) in [4.78, 5) is 24.2. The van der Waals surface area contributed by atoms with Crippen molar-refractivity contribution in [2.45, 2.75) is 6.92 Å². The highest BCUT2D eigenvalue weighted by atomic mass is 35.5. The number of nitrogens with one attached hydrogen (secondary N) is 2. The number of benzene rings is 4. The number of amides is 2. The van der Waals surface area contributed by atoms with Crippen LogP contribution < -0.4 is 10.6 Å². The molecule has 0 aromatic heterocycles. The number of carbonyl (C=O) groups is 2. The van der Waals surface area contributed by atoms with Crippen molar-refractivity contribution < 1.29 is 14.7 Å². The van der Waals surface area contributed by atoms with E-state index in [1.807, 2.05) is 30.3 Å². The van der Waals surface area contributed by atoms with E-state index in [9.17, 15) is 14.7 Å². The lowest BCUT2D eigenvalue weighted by molar-refractivity contribution is 0.101. The standard InChI is InChI=1S/C25H18Cl2N2O3/c1-14(30)15-5-7-16(8-6-15)17-3-2-4-18(11-17)28-25(32)29-24-21-12-19(31)9-10-20(21)22(26)13-23(24)27/h2-13,31H,1H3,(H2,28,29,32). The minimum Gasteiger partial charge on any atom is -0.508 e. The monoisotopic (exact) mass is 464 g/mol. The fourth-order valence-electron chi connectivity index (χ4n) is 3.41. The highest BCUT2D eigenvalue weighted by Crippen LogP contribution is 2.38. The third-order valence-electron chi connectivity index (χ3n) is 5.01. The second-order valence-electron chi connectivity index (χ2n) is 7.24. The van der Waals surface area contributed by atoms with Gasteiger partial charge in [0.1, 0.15) is 5.75 Å². The molecule has 4 aromatic carbocycles. The molecule has 0 atom stereocenters. The third kappa shape index (κ3) is 4.54. The zero-order valence-electron chi connectivity index (χ0n) is 16.9. The second-order valence-corrected chi connectivity index (χ2v) is 8.05. The molecule has 5 nitrogen and oxygen atoms in total. The smallest absolute Gasteiger partial charge is 0.323 e. The third-order valence-corrected chi connectivity index (χ3v) is 5.62. The fraction of sp³-hybridized carbons (Fsp3) is 0.0400. The first-order chi connectivity index (χ1) is 15.3. The number of carbonyl (C=O) groups excluding carboxylic acids is 2. The number of halogens is 2. The van der Waals surface area contributed by atoms with Crippen LogP contribution in [0.3, 0.4) is 0 Å². The largest absolute Gasteiger partial charge is 0.508 e. The van der Waals surface area contributed by atoms with Crippen LogP contribution in [0, 0.1) is 0 Å². The van der Waals surface area contributed by atoms with Gasteiger partial charge in [0, 0.05) is 22.0 Å². The molecule has 0 heterocycles. The first kappa shape index (κ1) is 21.7. The fourth-order valence-corrected chi connectivity index (χ4v) is 4.00. The number of hydrogen-bond acceptors (Lipinski definition) is 3.